The number of nitrogens with one attached hydrogen (secondary N) is 1. The molecule has 0 radical (unpaired) electrons. The summed E-state index contributed by atoms with van der Waals surface area (Å²) in [7, 11) is 0. The summed E-state index contributed by atoms with van der Waals surface area (Å²) in [5.41, 5.74) is 1.10. The van der Waals surface area contributed by atoms with Crippen molar-refractivity contribution >= 4 is 6.09 Å². The summed E-state index contributed by atoms with van der Waals surface area (Å²) in [5.74, 6) is 0. The van der Waals surface area contributed by atoms with Crippen LogP contribution >= 0.6 is 0 Å². The van der Waals surface area contributed by atoms with Gasteiger partial charge in [0.1, 0.15) is 6.10 Å². The van der Waals surface area contributed by atoms with Gasteiger partial charge in [-0.15, -0.1) is 0 Å². The van der Waals surface area contributed by atoms with E-state index in [1.165, 1.54) is 0 Å². The molecular weight excluding hydrogens is 178 g/mol. The number of ether oxygens (including phenoxy) is 1. The van der Waals surface area contributed by atoms with Crippen LogP contribution in [-0.2, 0) is 4.74 Å². The van der Waals surface area contributed by atoms with Gasteiger partial charge in [0.2, 0.25) is 0 Å². The van der Waals surface area contributed by atoms with Crippen LogP contribution in [0.15, 0.2) is 30.3 Å². The second kappa shape index (κ2) is 3.70. The third kappa shape index (κ3) is 1.58. The fourth-order valence-electron chi connectivity index (χ4n) is 1.74. The molecular formula is C11H13NO2. The van der Waals surface area contributed by atoms with Crippen molar-refractivity contribution in [3.63, 3.8) is 0 Å². The van der Waals surface area contributed by atoms with Crippen LogP contribution in [0, 0.1) is 0 Å². The van der Waals surface area contributed by atoms with E-state index in [0.29, 0.717) is 0 Å². The van der Waals surface area contributed by atoms with Gasteiger partial charge in [-0.05, 0) is 12.0 Å². The Balaban J connectivity index is 2.22. The normalized spacial score (nSPS) is 25.6. The molecule has 1 heterocycles. The summed E-state index contributed by atoms with van der Waals surface area (Å²) in [6, 6.07) is 9.90. The Morgan fingerprint density at radius 3 is 2.71 bits per heavy atom. The number of alkyl carbamates (subject to hydrolysis) is 1. The number of rotatable bonds is 2. The van der Waals surface area contributed by atoms with Crippen molar-refractivity contribution in [1.29, 1.82) is 0 Å². The summed E-state index contributed by atoms with van der Waals surface area (Å²) in [6.07, 6.45) is 0.480. The predicted octanol–water partition coefficient (Wildman–Crippen LogP) is 2.25. The Labute approximate surface area is 83.1 Å². The highest BCUT2D eigenvalue weighted by Crippen LogP contribution is 2.26. The summed E-state index contributed by atoms with van der Waals surface area (Å²) in [6.45, 7) is 2.01. The van der Waals surface area contributed by atoms with Crippen LogP contribution in [0.1, 0.15) is 24.9 Å². The maximum Gasteiger partial charge on any atom is 0.408 e. The maximum atomic E-state index is 11.1. The molecule has 1 aliphatic rings. The second-order valence-corrected chi connectivity index (χ2v) is 3.38. The van der Waals surface area contributed by atoms with Gasteiger partial charge in [0, 0.05) is 0 Å². The lowest BCUT2D eigenvalue weighted by atomic mass is 10.0. The van der Waals surface area contributed by atoms with Gasteiger partial charge in [-0.25, -0.2) is 4.79 Å². The standard InChI is InChI=1S/C11H13NO2/c1-2-9-10(12-11(13)14-9)8-6-4-3-5-7-8/h3-7,9-10H,2H2,1H3,(H,12,13)/t9-,10+/m1/s1. The zero-order chi connectivity index (χ0) is 9.97. The lowest BCUT2D eigenvalue weighted by Gasteiger charge is -2.14. The molecule has 74 valence electrons. The summed E-state index contributed by atoms with van der Waals surface area (Å²) >= 11 is 0. The maximum absolute atomic E-state index is 11.1. The van der Waals surface area contributed by atoms with Gasteiger partial charge in [0.15, 0.2) is 0 Å². The fraction of sp³-hybridized carbons (Fsp3) is 0.364. The smallest absolute Gasteiger partial charge is 0.408 e. The molecule has 0 saturated carbocycles. The Morgan fingerprint density at radius 1 is 1.36 bits per heavy atom. The lowest BCUT2D eigenvalue weighted by Crippen LogP contribution is -2.22. The molecule has 1 aliphatic heterocycles. The van der Waals surface area contributed by atoms with Crippen LogP contribution in [0.25, 0.3) is 0 Å². The van der Waals surface area contributed by atoms with Crippen molar-refractivity contribution in [1.82, 2.24) is 5.32 Å². The van der Waals surface area contributed by atoms with Crippen molar-refractivity contribution in [2.75, 3.05) is 0 Å². The number of carbonyl (C=O) groups excluding carboxylic acids is 1. The van der Waals surface area contributed by atoms with Gasteiger partial charge in [-0.3, -0.25) is 0 Å². The highest BCUT2D eigenvalue weighted by Gasteiger charge is 2.33. The molecule has 1 aromatic carbocycles. The minimum Gasteiger partial charge on any atom is -0.444 e. The molecule has 14 heavy (non-hydrogen) atoms. The molecule has 2 rings (SSSR count). The molecule has 1 amide bonds. The van der Waals surface area contributed by atoms with E-state index >= 15 is 0 Å². The molecule has 1 fully saturated rings. The molecule has 3 heteroatoms. The summed E-state index contributed by atoms with van der Waals surface area (Å²) in [4.78, 5) is 11.1. The second-order valence-electron chi connectivity index (χ2n) is 3.38. The molecule has 0 spiro atoms. The number of benzene rings is 1. The van der Waals surface area contributed by atoms with E-state index < -0.39 is 0 Å². The Bertz CT molecular complexity index is 323. The summed E-state index contributed by atoms with van der Waals surface area (Å²) < 4.78 is 5.13. The molecule has 0 unspecified atom stereocenters. The predicted molar refractivity (Wildman–Crippen MR) is 52.9 cm³/mol. The first-order valence-corrected chi connectivity index (χ1v) is 4.83. The monoisotopic (exact) mass is 191 g/mol. The third-order valence-corrected chi connectivity index (χ3v) is 2.46. The highest BCUT2D eigenvalue weighted by atomic mass is 16.6. The lowest BCUT2D eigenvalue weighted by molar-refractivity contribution is 0.129. The molecule has 0 aromatic heterocycles. The van der Waals surface area contributed by atoms with Crippen molar-refractivity contribution in [2.24, 2.45) is 0 Å². The Hall–Kier alpha value is -1.51. The number of hydrogen-bond acceptors (Lipinski definition) is 2. The van der Waals surface area contributed by atoms with Crippen LogP contribution in [-0.4, -0.2) is 12.2 Å². The topological polar surface area (TPSA) is 38.3 Å². The molecule has 1 aromatic rings. The molecule has 0 aliphatic carbocycles. The molecule has 1 N–H and O–H groups in total. The van der Waals surface area contributed by atoms with E-state index in [1.54, 1.807) is 0 Å². The van der Waals surface area contributed by atoms with E-state index in [4.69, 9.17) is 4.74 Å². The first kappa shape index (κ1) is 9.06. The SMILES string of the molecule is CC[C@H]1OC(=O)N[C@H]1c1ccccc1. The number of hydrogen-bond donors (Lipinski definition) is 1. The van der Waals surface area contributed by atoms with E-state index in [9.17, 15) is 4.79 Å². The number of amides is 1. The van der Waals surface area contributed by atoms with Crippen molar-refractivity contribution in [2.45, 2.75) is 25.5 Å². The number of cyclic esters (lactones) is 1. The molecule has 3 nitrogen and oxygen atoms in total. The van der Waals surface area contributed by atoms with Gasteiger partial charge in [-0.2, -0.15) is 0 Å². The van der Waals surface area contributed by atoms with E-state index in [1.807, 2.05) is 37.3 Å². The molecule has 2 atom stereocenters. The van der Waals surface area contributed by atoms with E-state index in [0.717, 1.165) is 12.0 Å². The quantitative estimate of drug-likeness (QED) is 0.778. The Kier molecular flexibility index (Phi) is 2.39. The molecule has 1 saturated heterocycles. The van der Waals surface area contributed by atoms with Crippen LogP contribution in [0.2, 0.25) is 0 Å². The summed E-state index contributed by atoms with van der Waals surface area (Å²) in [5, 5.41) is 2.81. The minimum atomic E-state index is -0.314. The van der Waals surface area contributed by atoms with Gasteiger partial charge in [-0.1, -0.05) is 37.3 Å². The fourth-order valence-corrected chi connectivity index (χ4v) is 1.74. The van der Waals surface area contributed by atoms with Crippen molar-refractivity contribution < 1.29 is 9.53 Å². The highest BCUT2D eigenvalue weighted by molar-refractivity contribution is 5.70. The van der Waals surface area contributed by atoms with Crippen molar-refractivity contribution in [3.8, 4) is 0 Å². The first-order chi connectivity index (χ1) is 6.81. The average molecular weight is 191 g/mol. The Morgan fingerprint density at radius 2 is 2.07 bits per heavy atom. The first-order valence-electron chi connectivity index (χ1n) is 4.83. The number of carbonyl (C=O) groups is 1. The van der Waals surface area contributed by atoms with Crippen LogP contribution < -0.4 is 5.32 Å². The average Bonchev–Trinajstić information content (AvgIpc) is 2.61. The van der Waals surface area contributed by atoms with Gasteiger partial charge in [0.25, 0.3) is 0 Å². The van der Waals surface area contributed by atoms with Gasteiger partial charge >= 0.3 is 6.09 Å². The van der Waals surface area contributed by atoms with Gasteiger partial charge < -0.3 is 10.1 Å². The minimum absolute atomic E-state index is 0.00806. The van der Waals surface area contributed by atoms with E-state index in [-0.39, 0.29) is 18.2 Å². The van der Waals surface area contributed by atoms with Crippen LogP contribution in [0.5, 0.6) is 0 Å². The molecule has 0 bridgehead atoms. The third-order valence-electron chi connectivity index (χ3n) is 2.46. The van der Waals surface area contributed by atoms with Crippen LogP contribution in [0.3, 0.4) is 0 Å². The van der Waals surface area contributed by atoms with Crippen LogP contribution in [0.4, 0.5) is 4.79 Å². The van der Waals surface area contributed by atoms with E-state index in [2.05, 4.69) is 5.32 Å². The zero-order valence-corrected chi connectivity index (χ0v) is 8.07. The largest absolute Gasteiger partial charge is 0.444 e. The van der Waals surface area contributed by atoms with Crippen molar-refractivity contribution in [3.05, 3.63) is 35.9 Å². The van der Waals surface area contributed by atoms with Gasteiger partial charge in [0.05, 0.1) is 6.04 Å². The zero-order valence-electron chi connectivity index (χ0n) is 8.07.